The van der Waals surface area contributed by atoms with E-state index in [4.69, 9.17) is 14.2 Å². The monoisotopic (exact) mass is 243 g/mol. The van der Waals surface area contributed by atoms with E-state index in [9.17, 15) is 9.59 Å². The quantitative estimate of drug-likeness (QED) is 0.428. The molecule has 0 spiro atoms. The van der Waals surface area contributed by atoms with Crippen molar-refractivity contribution < 1.29 is 23.8 Å². The Labute approximate surface area is 100 Å². The lowest BCUT2D eigenvalue weighted by molar-refractivity contribution is -0.137. The average molecular weight is 243 g/mol. The molecule has 1 rings (SSSR count). The Morgan fingerprint density at radius 1 is 1.18 bits per heavy atom. The van der Waals surface area contributed by atoms with Crippen molar-refractivity contribution in [2.45, 2.75) is 6.10 Å². The number of hydrogen-bond donors (Lipinski definition) is 0. The van der Waals surface area contributed by atoms with Gasteiger partial charge in [0.25, 0.3) is 11.8 Å². The van der Waals surface area contributed by atoms with E-state index in [0.29, 0.717) is 19.8 Å². The summed E-state index contributed by atoms with van der Waals surface area (Å²) in [6, 6.07) is 0. The molecule has 1 aliphatic heterocycles. The van der Waals surface area contributed by atoms with Gasteiger partial charge < -0.3 is 14.2 Å². The van der Waals surface area contributed by atoms with E-state index < -0.39 is 0 Å². The van der Waals surface area contributed by atoms with E-state index in [1.165, 1.54) is 12.2 Å². The van der Waals surface area contributed by atoms with Gasteiger partial charge in [-0.25, -0.2) is 0 Å². The van der Waals surface area contributed by atoms with E-state index in [0.717, 1.165) is 4.90 Å². The molecule has 1 unspecified atom stereocenters. The van der Waals surface area contributed by atoms with Crippen molar-refractivity contribution in [2.75, 3.05) is 40.6 Å². The second-order valence-corrected chi connectivity index (χ2v) is 3.55. The lowest BCUT2D eigenvalue weighted by Crippen LogP contribution is -2.34. The molecule has 1 atom stereocenters. The fourth-order valence-electron chi connectivity index (χ4n) is 1.39. The molecule has 0 bridgehead atoms. The number of rotatable bonds is 8. The van der Waals surface area contributed by atoms with E-state index in [2.05, 4.69) is 0 Å². The predicted molar refractivity (Wildman–Crippen MR) is 59.4 cm³/mol. The Balaban J connectivity index is 2.15. The van der Waals surface area contributed by atoms with Crippen LogP contribution in [-0.4, -0.2) is 63.4 Å². The molecule has 0 radical (unpaired) electrons. The second kappa shape index (κ2) is 7.16. The van der Waals surface area contributed by atoms with Crippen molar-refractivity contribution in [1.82, 2.24) is 4.90 Å². The van der Waals surface area contributed by atoms with Gasteiger partial charge in [-0.3, -0.25) is 14.5 Å². The van der Waals surface area contributed by atoms with Gasteiger partial charge in [0.1, 0.15) is 6.10 Å². The lowest BCUT2D eigenvalue weighted by atomic mass is 10.4. The van der Waals surface area contributed by atoms with Gasteiger partial charge in [-0.15, -0.1) is 0 Å². The zero-order valence-corrected chi connectivity index (χ0v) is 10.0. The molecule has 0 N–H and O–H groups in total. The van der Waals surface area contributed by atoms with Crippen molar-refractivity contribution in [1.29, 1.82) is 0 Å². The second-order valence-electron chi connectivity index (χ2n) is 3.55. The minimum absolute atomic E-state index is 0.136. The summed E-state index contributed by atoms with van der Waals surface area (Å²) in [4.78, 5) is 23.5. The molecule has 0 aromatic carbocycles. The first-order chi connectivity index (χ1) is 8.19. The van der Waals surface area contributed by atoms with Crippen LogP contribution in [0.2, 0.25) is 0 Å². The van der Waals surface area contributed by atoms with Crippen molar-refractivity contribution in [2.24, 2.45) is 0 Å². The van der Waals surface area contributed by atoms with Crippen molar-refractivity contribution >= 4 is 11.8 Å². The molecule has 0 aliphatic carbocycles. The molecule has 17 heavy (non-hydrogen) atoms. The van der Waals surface area contributed by atoms with Crippen LogP contribution >= 0.6 is 0 Å². The highest BCUT2D eigenvalue weighted by atomic mass is 16.5. The first kappa shape index (κ1) is 13.8. The van der Waals surface area contributed by atoms with Crippen LogP contribution in [0.4, 0.5) is 0 Å². The predicted octanol–water partition coefficient (Wildman–Crippen LogP) is -0.411. The van der Waals surface area contributed by atoms with Gasteiger partial charge in [0, 0.05) is 26.4 Å². The maximum absolute atomic E-state index is 11.2. The Morgan fingerprint density at radius 2 is 1.82 bits per heavy atom. The number of methoxy groups -OCH3 is 2. The number of carbonyl (C=O) groups excluding carboxylic acids is 2. The van der Waals surface area contributed by atoms with Crippen molar-refractivity contribution in [3.63, 3.8) is 0 Å². The third-order valence-electron chi connectivity index (χ3n) is 2.35. The molecule has 0 aromatic rings. The molecule has 6 nitrogen and oxygen atoms in total. The fraction of sp³-hybridized carbons (Fsp3) is 0.636. The highest BCUT2D eigenvalue weighted by Crippen LogP contribution is 2.02. The van der Waals surface area contributed by atoms with E-state index >= 15 is 0 Å². The number of nitrogens with zero attached hydrogens (tertiary/aromatic N) is 1. The molecule has 1 aliphatic rings. The summed E-state index contributed by atoms with van der Waals surface area (Å²) in [5.74, 6) is -0.586. The minimum Gasteiger partial charge on any atom is -0.382 e. The number of amides is 2. The summed E-state index contributed by atoms with van der Waals surface area (Å²) in [6.07, 6.45) is 2.37. The van der Waals surface area contributed by atoms with Crippen LogP contribution in [0.25, 0.3) is 0 Å². The van der Waals surface area contributed by atoms with Crippen LogP contribution in [0.15, 0.2) is 12.2 Å². The summed E-state index contributed by atoms with van der Waals surface area (Å²) in [5.41, 5.74) is 0. The third-order valence-corrected chi connectivity index (χ3v) is 2.35. The molecule has 0 saturated heterocycles. The molecule has 2 amide bonds. The molecule has 6 heteroatoms. The molecule has 1 heterocycles. The molecular weight excluding hydrogens is 226 g/mol. The molecule has 0 fully saturated rings. The molecule has 0 saturated carbocycles. The Morgan fingerprint density at radius 3 is 2.35 bits per heavy atom. The molecular formula is C11H17NO5. The summed E-state index contributed by atoms with van der Waals surface area (Å²) < 4.78 is 15.3. The molecule has 96 valence electrons. The number of ether oxygens (including phenoxy) is 3. The summed E-state index contributed by atoms with van der Waals surface area (Å²) in [5, 5.41) is 0. The van der Waals surface area contributed by atoms with Crippen molar-refractivity contribution in [3.8, 4) is 0 Å². The standard InChI is InChI=1S/C11H17NO5/c1-15-7-9(16-2)8-17-6-5-12-10(13)3-4-11(12)14/h3-4,9H,5-8H2,1-2H3. The van der Waals surface area contributed by atoms with Gasteiger partial charge >= 0.3 is 0 Å². The normalized spacial score (nSPS) is 16.9. The van der Waals surface area contributed by atoms with E-state index in [-0.39, 0.29) is 24.5 Å². The molecule has 0 aromatic heterocycles. The highest BCUT2D eigenvalue weighted by molar-refractivity contribution is 6.12. The van der Waals surface area contributed by atoms with Crippen LogP contribution in [0.1, 0.15) is 0 Å². The first-order valence-electron chi connectivity index (χ1n) is 5.32. The van der Waals surface area contributed by atoms with Crippen LogP contribution in [-0.2, 0) is 23.8 Å². The van der Waals surface area contributed by atoms with Gasteiger partial charge in [-0.1, -0.05) is 0 Å². The summed E-state index contributed by atoms with van der Waals surface area (Å²) in [7, 11) is 3.16. The zero-order valence-electron chi connectivity index (χ0n) is 10.0. The summed E-state index contributed by atoms with van der Waals surface area (Å²) >= 11 is 0. The van der Waals surface area contributed by atoms with E-state index in [1.807, 2.05) is 0 Å². The van der Waals surface area contributed by atoms with E-state index in [1.54, 1.807) is 14.2 Å². The van der Waals surface area contributed by atoms with Gasteiger partial charge in [-0.2, -0.15) is 0 Å². The van der Waals surface area contributed by atoms with Gasteiger partial charge in [0.15, 0.2) is 0 Å². The third kappa shape index (κ3) is 4.26. The zero-order chi connectivity index (χ0) is 12.7. The van der Waals surface area contributed by atoms with Crippen LogP contribution in [0.3, 0.4) is 0 Å². The average Bonchev–Trinajstić information content (AvgIpc) is 2.64. The first-order valence-corrected chi connectivity index (χ1v) is 5.32. The van der Waals surface area contributed by atoms with Gasteiger partial charge in [0.2, 0.25) is 0 Å². The van der Waals surface area contributed by atoms with Crippen molar-refractivity contribution in [3.05, 3.63) is 12.2 Å². The largest absolute Gasteiger partial charge is 0.382 e. The Hall–Kier alpha value is -1.24. The topological polar surface area (TPSA) is 65.1 Å². The Bertz CT molecular complexity index is 284. The van der Waals surface area contributed by atoms with Gasteiger partial charge in [-0.05, 0) is 0 Å². The number of imide groups is 1. The SMILES string of the molecule is COCC(COCCN1C(=O)C=CC1=O)OC. The minimum atomic E-state index is -0.293. The number of carbonyl (C=O) groups is 2. The smallest absolute Gasteiger partial charge is 0.253 e. The van der Waals surface area contributed by atoms with Crippen LogP contribution in [0.5, 0.6) is 0 Å². The maximum Gasteiger partial charge on any atom is 0.253 e. The van der Waals surface area contributed by atoms with Gasteiger partial charge in [0.05, 0.1) is 26.4 Å². The maximum atomic E-state index is 11.2. The summed E-state index contributed by atoms with van der Waals surface area (Å²) in [6.45, 7) is 1.37. The van der Waals surface area contributed by atoms with Crippen LogP contribution in [0, 0.1) is 0 Å². The van der Waals surface area contributed by atoms with Crippen LogP contribution < -0.4 is 0 Å². The Kier molecular flexibility index (Phi) is 5.82. The fourth-order valence-corrected chi connectivity index (χ4v) is 1.39. The number of hydrogen-bond acceptors (Lipinski definition) is 5. The highest BCUT2D eigenvalue weighted by Gasteiger charge is 2.22. The lowest BCUT2D eigenvalue weighted by Gasteiger charge is -2.17.